The van der Waals surface area contributed by atoms with Gasteiger partial charge < -0.3 is 10.1 Å². The molecule has 9 heteroatoms. The first-order chi connectivity index (χ1) is 7.76. The Hall–Kier alpha value is -1.95. The van der Waals surface area contributed by atoms with Gasteiger partial charge in [0.25, 0.3) is 0 Å². The van der Waals surface area contributed by atoms with E-state index in [1.165, 1.54) is 0 Å². The number of azide groups is 2. The third-order valence-corrected chi connectivity index (χ3v) is 1.56. The molecule has 0 aliphatic carbocycles. The first kappa shape index (κ1) is 14.1. The molecule has 0 radical (unpaired) electrons. The maximum Gasteiger partial charge on any atom is 0.323 e. The van der Waals surface area contributed by atoms with Crippen molar-refractivity contribution in [2.24, 2.45) is 10.2 Å². The topological polar surface area (TPSA) is 136 Å². The van der Waals surface area contributed by atoms with Gasteiger partial charge in [0.05, 0.1) is 13.2 Å². The summed E-state index contributed by atoms with van der Waals surface area (Å²) in [6.45, 7) is 2.43. The molecule has 0 bridgehead atoms. The van der Waals surface area contributed by atoms with Crippen molar-refractivity contribution in [1.29, 1.82) is 0 Å². The van der Waals surface area contributed by atoms with Gasteiger partial charge in [0.1, 0.15) is 6.04 Å². The maximum atomic E-state index is 11.3. The number of hydrogen-bond donors (Lipinski definition) is 1. The van der Waals surface area contributed by atoms with Gasteiger partial charge in [-0.1, -0.05) is 10.2 Å². The summed E-state index contributed by atoms with van der Waals surface area (Å²) < 4.78 is 4.77. The van der Waals surface area contributed by atoms with E-state index in [1.54, 1.807) is 6.92 Å². The van der Waals surface area contributed by atoms with Gasteiger partial charge in [-0.25, -0.2) is 0 Å². The van der Waals surface area contributed by atoms with Crippen molar-refractivity contribution in [3.8, 4) is 0 Å². The van der Waals surface area contributed by atoms with Gasteiger partial charge in [0, 0.05) is 22.9 Å². The summed E-state index contributed by atoms with van der Waals surface area (Å²) >= 11 is 0. The summed E-state index contributed by atoms with van der Waals surface area (Å²) in [4.78, 5) is 16.5. The molecule has 0 fully saturated rings. The average molecular weight is 227 g/mol. The zero-order valence-electron chi connectivity index (χ0n) is 8.91. The Kier molecular flexibility index (Phi) is 8.43. The number of ether oxygens (including phenoxy) is 1. The Morgan fingerprint density at radius 1 is 1.44 bits per heavy atom. The third kappa shape index (κ3) is 6.50. The van der Waals surface area contributed by atoms with Crippen LogP contribution in [-0.2, 0) is 9.53 Å². The minimum absolute atomic E-state index is 0.0361. The fraction of sp³-hybridized carbons (Fsp3) is 0.857. The van der Waals surface area contributed by atoms with E-state index in [9.17, 15) is 4.79 Å². The minimum Gasteiger partial charge on any atom is -0.465 e. The molecule has 9 nitrogen and oxygen atoms in total. The van der Waals surface area contributed by atoms with Crippen molar-refractivity contribution in [3.05, 3.63) is 20.9 Å². The summed E-state index contributed by atoms with van der Waals surface area (Å²) in [5.41, 5.74) is 16.2. The molecule has 0 amide bonds. The van der Waals surface area contributed by atoms with Crippen LogP contribution in [0.1, 0.15) is 6.92 Å². The zero-order valence-corrected chi connectivity index (χ0v) is 8.91. The molecule has 0 aliphatic rings. The standard InChI is InChI=1S/C7H13N7O2/c1-2-16-7(15)6(5-12-14-9)10-3-4-11-13-8/h6,10H,2-5H2,1H3. The molecule has 0 rings (SSSR count). The minimum atomic E-state index is -0.704. The SMILES string of the molecule is CCOC(=O)C(CN=[N+]=[N-])NCCN=[N+]=[N-]. The van der Waals surface area contributed by atoms with E-state index in [0.29, 0.717) is 6.54 Å². The van der Waals surface area contributed by atoms with Crippen LogP contribution in [0.3, 0.4) is 0 Å². The fourth-order valence-electron chi connectivity index (χ4n) is 0.917. The highest BCUT2D eigenvalue weighted by molar-refractivity contribution is 5.76. The quantitative estimate of drug-likeness (QED) is 0.219. The van der Waals surface area contributed by atoms with E-state index in [0.717, 1.165) is 0 Å². The Bertz CT molecular complexity index is 306. The summed E-state index contributed by atoms with van der Waals surface area (Å²) in [5, 5.41) is 9.35. The zero-order chi connectivity index (χ0) is 12.2. The molecular formula is C7H13N7O2. The van der Waals surface area contributed by atoms with Gasteiger partial charge in [-0.2, -0.15) is 0 Å². The second kappa shape index (κ2) is 9.60. The van der Waals surface area contributed by atoms with E-state index in [2.05, 4.69) is 25.4 Å². The Labute approximate surface area is 92.0 Å². The molecule has 1 unspecified atom stereocenters. The van der Waals surface area contributed by atoms with Crippen LogP contribution in [0.15, 0.2) is 10.2 Å². The first-order valence-corrected chi connectivity index (χ1v) is 4.68. The van der Waals surface area contributed by atoms with Crippen LogP contribution in [0.4, 0.5) is 0 Å². The van der Waals surface area contributed by atoms with Crippen LogP contribution < -0.4 is 5.32 Å². The number of nitrogens with zero attached hydrogens (tertiary/aromatic N) is 6. The maximum absolute atomic E-state index is 11.3. The predicted octanol–water partition coefficient (Wildman–Crippen LogP) is 1.13. The largest absolute Gasteiger partial charge is 0.465 e. The third-order valence-electron chi connectivity index (χ3n) is 1.56. The van der Waals surface area contributed by atoms with Gasteiger partial charge in [0.2, 0.25) is 0 Å². The highest BCUT2D eigenvalue weighted by atomic mass is 16.5. The highest BCUT2D eigenvalue weighted by Gasteiger charge is 2.17. The van der Waals surface area contributed by atoms with Crippen LogP contribution in [0.5, 0.6) is 0 Å². The van der Waals surface area contributed by atoms with E-state index < -0.39 is 12.0 Å². The predicted molar refractivity (Wildman–Crippen MR) is 56.4 cm³/mol. The van der Waals surface area contributed by atoms with Gasteiger partial charge in [-0.3, -0.25) is 4.79 Å². The molecule has 0 aliphatic heterocycles. The van der Waals surface area contributed by atoms with Crippen molar-refractivity contribution in [2.75, 3.05) is 26.2 Å². The van der Waals surface area contributed by atoms with Crippen molar-refractivity contribution in [1.82, 2.24) is 5.32 Å². The molecule has 0 aromatic carbocycles. The molecule has 88 valence electrons. The van der Waals surface area contributed by atoms with Gasteiger partial charge >= 0.3 is 5.97 Å². The number of nitrogens with one attached hydrogen (secondary N) is 1. The lowest BCUT2D eigenvalue weighted by Crippen LogP contribution is -2.41. The van der Waals surface area contributed by atoms with Gasteiger partial charge in [0.15, 0.2) is 0 Å². The second-order valence-corrected chi connectivity index (χ2v) is 2.63. The number of esters is 1. The van der Waals surface area contributed by atoms with Crippen molar-refractivity contribution < 1.29 is 9.53 Å². The van der Waals surface area contributed by atoms with Crippen LogP contribution in [0, 0.1) is 0 Å². The highest BCUT2D eigenvalue weighted by Crippen LogP contribution is 1.91. The molecule has 0 saturated carbocycles. The fourth-order valence-corrected chi connectivity index (χ4v) is 0.917. The summed E-state index contributed by atoms with van der Waals surface area (Å²) in [5.74, 6) is -0.490. The van der Waals surface area contributed by atoms with Crippen molar-refractivity contribution >= 4 is 5.97 Å². The van der Waals surface area contributed by atoms with Gasteiger partial charge in [-0.05, 0) is 18.0 Å². The Morgan fingerprint density at radius 2 is 2.12 bits per heavy atom. The molecule has 0 aromatic rings. The molecule has 1 atom stereocenters. The monoisotopic (exact) mass is 227 g/mol. The van der Waals surface area contributed by atoms with Crippen LogP contribution >= 0.6 is 0 Å². The van der Waals surface area contributed by atoms with Crippen LogP contribution in [0.2, 0.25) is 0 Å². The van der Waals surface area contributed by atoms with Crippen LogP contribution in [-0.4, -0.2) is 38.3 Å². The number of hydrogen-bond acceptors (Lipinski definition) is 5. The number of carbonyl (C=O) groups is 1. The molecule has 16 heavy (non-hydrogen) atoms. The molecule has 0 aromatic heterocycles. The summed E-state index contributed by atoms with van der Waals surface area (Å²) in [6, 6.07) is -0.704. The molecule has 0 heterocycles. The number of rotatable bonds is 8. The summed E-state index contributed by atoms with van der Waals surface area (Å²) in [7, 11) is 0. The van der Waals surface area contributed by atoms with E-state index >= 15 is 0 Å². The van der Waals surface area contributed by atoms with Crippen molar-refractivity contribution in [3.63, 3.8) is 0 Å². The first-order valence-electron chi connectivity index (χ1n) is 4.68. The van der Waals surface area contributed by atoms with Crippen molar-refractivity contribution in [2.45, 2.75) is 13.0 Å². The molecule has 0 spiro atoms. The molecule has 0 saturated heterocycles. The van der Waals surface area contributed by atoms with E-state index in [1.807, 2.05) is 0 Å². The lowest BCUT2D eigenvalue weighted by molar-refractivity contribution is -0.145. The lowest BCUT2D eigenvalue weighted by Gasteiger charge is -2.13. The normalized spacial score (nSPS) is 10.8. The van der Waals surface area contributed by atoms with Gasteiger partial charge in [-0.15, -0.1) is 0 Å². The lowest BCUT2D eigenvalue weighted by atomic mass is 10.3. The Balaban J connectivity index is 4.13. The van der Waals surface area contributed by atoms with Crippen LogP contribution in [0.25, 0.3) is 20.9 Å². The molecular weight excluding hydrogens is 214 g/mol. The van der Waals surface area contributed by atoms with E-state index in [-0.39, 0.29) is 19.7 Å². The smallest absolute Gasteiger partial charge is 0.323 e. The number of carbonyl (C=O) groups excluding carboxylic acids is 1. The Morgan fingerprint density at radius 3 is 2.69 bits per heavy atom. The second-order valence-electron chi connectivity index (χ2n) is 2.63. The average Bonchev–Trinajstić information content (AvgIpc) is 2.28. The molecule has 1 N–H and O–H groups in total. The van der Waals surface area contributed by atoms with E-state index in [4.69, 9.17) is 15.8 Å². The summed E-state index contributed by atoms with van der Waals surface area (Å²) in [6.07, 6.45) is 0.